The first-order valence-corrected chi connectivity index (χ1v) is 6.32. The molecular weight excluding hydrogens is 352 g/mol. The van der Waals surface area contributed by atoms with Gasteiger partial charge in [-0.15, -0.1) is 0 Å². The van der Waals surface area contributed by atoms with Crippen LogP contribution in [0.2, 0.25) is 0 Å². The van der Waals surface area contributed by atoms with E-state index in [1.807, 2.05) is 22.6 Å². The van der Waals surface area contributed by atoms with Crippen LogP contribution in [0.3, 0.4) is 0 Å². The molecule has 0 aliphatic rings. The predicted octanol–water partition coefficient (Wildman–Crippen LogP) is 1.69. The van der Waals surface area contributed by atoms with Crippen LogP contribution in [0.4, 0.5) is 4.39 Å². The number of nitrogens with two attached hydrogens (primary N) is 1. The first-order valence-electron chi connectivity index (χ1n) is 5.24. The maximum atomic E-state index is 12.9. The Labute approximate surface area is 117 Å². The minimum Gasteiger partial charge on any atom is -0.409 e. The molecule has 4 N–H and O–H groups in total. The van der Waals surface area contributed by atoms with Crippen LogP contribution >= 0.6 is 22.6 Å². The number of hydrogen-bond donors (Lipinski definition) is 3. The summed E-state index contributed by atoms with van der Waals surface area (Å²) < 4.78 is 13.4. The summed E-state index contributed by atoms with van der Waals surface area (Å²) in [5.41, 5.74) is 5.72. The fourth-order valence-electron chi connectivity index (χ4n) is 1.29. The summed E-state index contributed by atoms with van der Waals surface area (Å²) in [6, 6.07) is 3.98. The molecule has 1 aromatic rings. The summed E-state index contributed by atoms with van der Waals surface area (Å²) in [7, 11) is 0. The van der Waals surface area contributed by atoms with E-state index in [1.54, 1.807) is 0 Å². The van der Waals surface area contributed by atoms with Crippen molar-refractivity contribution in [3.63, 3.8) is 0 Å². The van der Waals surface area contributed by atoms with Crippen LogP contribution in [0, 0.1) is 9.39 Å². The summed E-state index contributed by atoms with van der Waals surface area (Å²) in [6.07, 6.45) is 0.969. The van der Waals surface area contributed by atoms with Crippen LogP contribution in [-0.4, -0.2) is 23.5 Å². The van der Waals surface area contributed by atoms with Crippen molar-refractivity contribution < 1.29 is 14.4 Å². The number of carbonyl (C=O) groups excluding carboxylic acids is 1. The molecule has 0 fully saturated rings. The maximum absolute atomic E-state index is 12.9. The van der Waals surface area contributed by atoms with Crippen LogP contribution in [0.25, 0.3) is 0 Å². The normalized spacial score (nSPS) is 11.3. The number of oxime groups is 1. The molecule has 1 rings (SSSR count). The highest BCUT2D eigenvalue weighted by Crippen LogP contribution is 2.13. The SMILES string of the molecule is N/C(CCCNC(=O)c1ccc(F)cc1I)=N/O. The zero-order valence-corrected chi connectivity index (χ0v) is 11.6. The van der Waals surface area contributed by atoms with Gasteiger partial charge in [-0.05, 0) is 47.2 Å². The third-order valence-corrected chi connectivity index (χ3v) is 3.09. The van der Waals surface area contributed by atoms with E-state index in [4.69, 9.17) is 10.9 Å². The van der Waals surface area contributed by atoms with Gasteiger partial charge in [0.25, 0.3) is 5.91 Å². The standard InChI is InChI=1S/C11H13FIN3O2/c12-7-3-4-8(9(13)6-7)11(17)15-5-1-2-10(14)16-18/h3-4,6,18H,1-2,5H2,(H2,14,16)(H,15,17). The first kappa shape index (κ1) is 14.7. The Morgan fingerprint density at radius 3 is 2.89 bits per heavy atom. The van der Waals surface area contributed by atoms with Crippen molar-refractivity contribution in [1.82, 2.24) is 5.32 Å². The lowest BCUT2D eigenvalue weighted by Crippen LogP contribution is -2.26. The molecule has 1 amide bonds. The van der Waals surface area contributed by atoms with Crippen molar-refractivity contribution in [3.8, 4) is 0 Å². The molecule has 0 spiro atoms. The van der Waals surface area contributed by atoms with Crippen LogP contribution in [0.5, 0.6) is 0 Å². The second-order valence-corrected chi connectivity index (χ2v) is 4.74. The Morgan fingerprint density at radius 1 is 1.56 bits per heavy atom. The van der Waals surface area contributed by atoms with Crippen molar-refractivity contribution >= 4 is 34.3 Å². The maximum Gasteiger partial charge on any atom is 0.252 e. The summed E-state index contributed by atoms with van der Waals surface area (Å²) in [4.78, 5) is 11.7. The van der Waals surface area contributed by atoms with Crippen LogP contribution in [0.1, 0.15) is 23.2 Å². The predicted molar refractivity (Wildman–Crippen MR) is 74.1 cm³/mol. The number of benzene rings is 1. The van der Waals surface area contributed by atoms with E-state index in [-0.39, 0.29) is 17.6 Å². The van der Waals surface area contributed by atoms with E-state index in [2.05, 4.69) is 10.5 Å². The van der Waals surface area contributed by atoms with Gasteiger partial charge >= 0.3 is 0 Å². The second kappa shape index (κ2) is 7.14. The number of halogens is 2. The molecule has 0 saturated heterocycles. The smallest absolute Gasteiger partial charge is 0.252 e. The van der Waals surface area contributed by atoms with Gasteiger partial charge in [0, 0.05) is 16.5 Å². The monoisotopic (exact) mass is 365 g/mol. The summed E-state index contributed by atoms with van der Waals surface area (Å²) in [6.45, 7) is 0.405. The number of rotatable bonds is 5. The number of nitrogens with one attached hydrogen (secondary N) is 1. The van der Waals surface area contributed by atoms with Gasteiger partial charge in [0.15, 0.2) is 0 Å². The number of nitrogens with zero attached hydrogens (tertiary/aromatic N) is 1. The molecule has 0 bridgehead atoms. The number of amidine groups is 1. The van der Waals surface area contributed by atoms with Gasteiger partial charge in [-0.25, -0.2) is 4.39 Å². The molecule has 7 heteroatoms. The Balaban J connectivity index is 2.46. The Hall–Kier alpha value is -1.38. The van der Waals surface area contributed by atoms with Crippen molar-refractivity contribution in [3.05, 3.63) is 33.1 Å². The molecule has 1 aromatic carbocycles. The first-order chi connectivity index (χ1) is 8.54. The topological polar surface area (TPSA) is 87.7 Å². The molecule has 0 aliphatic carbocycles. The Morgan fingerprint density at radius 2 is 2.28 bits per heavy atom. The average molecular weight is 365 g/mol. The second-order valence-electron chi connectivity index (χ2n) is 3.57. The number of carbonyl (C=O) groups is 1. The molecule has 0 aliphatic heterocycles. The highest BCUT2D eigenvalue weighted by Gasteiger charge is 2.09. The molecule has 0 atom stereocenters. The van der Waals surface area contributed by atoms with E-state index in [9.17, 15) is 9.18 Å². The lowest BCUT2D eigenvalue weighted by molar-refractivity contribution is 0.0952. The molecule has 98 valence electrons. The fraction of sp³-hybridized carbons (Fsp3) is 0.273. The zero-order valence-electron chi connectivity index (χ0n) is 9.49. The average Bonchev–Trinajstić information content (AvgIpc) is 2.34. The van der Waals surface area contributed by atoms with Gasteiger partial charge in [0.1, 0.15) is 11.7 Å². The van der Waals surface area contributed by atoms with Gasteiger partial charge in [0.05, 0.1) is 5.56 Å². The molecular formula is C11H13FIN3O2. The van der Waals surface area contributed by atoms with E-state index in [0.29, 0.717) is 28.5 Å². The molecule has 0 aromatic heterocycles. The Kier molecular flexibility index (Phi) is 5.83. The fourth-order valence-corrected chi connectivity index (χ4v) is 2.01. The zero-order chi connectivity index (χ0) is 13.5. The lowest BCUT2D eigenvalue weighted by atomic mass is 10.2. The van der Waals surface area contributed by atoms with E-state index in [1.165, 1.54) is 18.2 Å². The highest BCUT2D eigenvalue weighted by molar-refractivity contribution is 14.1. The van der Waals surface area contributed by atoms with Gasteiger partial charge < -0.3 is 16.3 Å². The van der Waals surface area contributed by atoms with E-state index in [0.717, 1.165) is 0 Å². The van der Waals surface area contributed by atoms with Gasteiger partial charge in [-0.1, -0.05) is 5.16 Å². The third-order valence-electron chi connectivity index (χ3n) is 2.20. The summed E-state index contributed by atoms with van der Waals surface area (Å²) in [5, 5.41) is 13.8. The van der Waals surface area contributed by atoms with E-state index >= 15 is 0 Å². The van der Waals surface area contributed by atoms with Gasteiger partial charge in [0.2, 0.25) is 0 Å². The largest absolute Gasteiger partial charge is 0.409 e. The van der Waals surface area contributed by atoms with Crippen LogP contribution in [0.15, 0.2) is 23.4 Å². The van der Waals surface area contributed by atoms with Crippen LogP contribution < -0.4 is 11.1 Å². The van der Waals surface area contributed by atoms with Gasteiger partial charge in [-0.2, -0.15) is 0 Å². The number of hydrogen-bond acceptors (Lipinski definition) is 3. The highest BCUT2D eigenvalue weighted by atomic mass is 127. The van der Waals surface area contributed by atoms with Crippen molar-refractivity contribution in [2.24, 2.45) is 10.9 Å². The molecule has 0 radical (unpaired) electrons. The lowest BCUT2D eigenvalue weighted by Gasteiger charge is -2.06. The minimum atomic E-state index is -0.372. The van der Waals surface area contributed by atoms with Crippen molar-refractivity contribution in [2.75, 3.05) is 6.54 Å². The molecule has 0 unspecified atom stereocenters. The summed E-state index contributed by atoms with van der Waals surface area (Å²) >= 11 is 1.91. The molecule has 0 saturated carbocycles. The Bertz CT molecular complexity index is 466. The molecule has 0 heterocycles. The quantitative estimate of drug-likeness (QED) is 0.185. The third kappa shape index (κ3) is 4.47. The number of amides is 1. The molecule has 5 nitrogen and oxygen atoms in total. The van der Waals surface area contributed by atoms with Crippen LogP contribution in [-0.2, 0) is 0 Å². The summed E-state index contributed by atoms with van der Waals surface area (Å²) in [5.74, 6) is -0.512. The van der Waals surface area contributed by atoms with Crippen molar-refractivity contribution in [2.45, 2.75) is 12.8 Å². The van der Waals surface area contributed by atoms with Crippen molar-refractivity contribution in [1.29, 1.82) is 0 Å². The van der Waals surface area contributed by atoms with E-state index < -0.39 is 0 Å². The van der Waals surface area contributed by atoms with Gasteiger partial charge in [-0.3, -0.25) is 4.79 Å². The molecule has 18 heavy (non-hydrogen) atoms. The minimum absolute atomic E-state index is 0.126.